The zero-order valence-corrected chi connectivity index (χ0v) is 10.4. The number of nitrogens with zero attached hydrogens (tertiary/aromatic N) is 2. The Balaban J connectivity index is 2.27. The molecule has 0 spiro atoms. The lowest BCUT2D eigenvalue weighted by Gasteiger charge is -2.05. The highest BCUT2D eigenvalue weighted by Gasteiger charge is 2.17. The monoisotopic (exact) mass is 248 g/mol. The Bertz CT molecular complexity index is 605. The van der Waals surface area contributed by atoms with Crippen molar-refractivity contribution >= 4 is 5.97 Å². The second-order valence-electron chi connectivity index (χ2n) is 4.08. The van der Waals surface area contributed by atoms with Gasteiger partial charge in [0.05, 0.1) is 5.69 Å². The van der Waals surface area contributed by atoms with Gasteiger partial charge in [-0.1, -0.05) is 12.1 Å². The molecule has 0 amide bonds. The molecular formula is C13H13FN2O2. The minimum Gasteiger partial charge on any atom is -0.420 e. The number of rotatable bonds is 2. The van der Waals surface area contributed by atoms with Gasteiger partial charge in [0, 0.05) is 13.2 Å². The Labute approximate surface area is 104 Å². The first kappa shape index (κ1) is 12.3. The van der Waals surface area contributed by atoms with Crippen molar-refractivity contribution in [2.75, 3.05) is 0 Å². The summed E-state index contributed by atoms with van der Waals surface area (Å²) in [7, 11) is 1.71. The van der Waals surface area contributed by atoms with Crippen LogP contribution in [-0.2, 0) is 7.05 Å². The van der Waals surface area contributed by atoms with Crippen LogP contribution in [0.25, 0.3) is 0 Å². The molecule has 0 saturated heterocycles. The van der Waals surface area contributed by atoms with Crippen LogP contribution in [0.4, 0.5) is 4.39 Å². The lowest BCUT2D eigenvalue weighted by atomic mass is 10.2. The SMILES string of the molecule is Cc1cccc(OC(=O)c2cn(C)nc2C)c1F. The van der Waals surface area contributed by atoms with Gasteiger partial charge in [-0.15, -0.1) is 0 Å². The van der Waals surface area contributed by atoms with Gasteiger partial charge >= 0.3 is 5.97 Å². The zero-order valence-electron chi connectivity index (χ0n) is 10.4. The second kappa shape index (κ2) is 4.60. The molecular weight excluding hydrogens is 235 g/mol. The lowest BCUT2D eigenvalue weighted by molar-refractivity contribution is 0.0727. The molecule has 0 fully saturated rings. The van der Waals surface area contributed by atoms with E-state index in [0.717, 1.165) is 0 Å². The number of aryl methyl sites for hydroxylation is 3. The number of esters is 1. The molecule has 2 aromatic rings. The van der Waals surface area contributed by atoms with Crippen molar-refractivity contribution in [1.82, 2.24) is 9.78 Å². The van der Waals surface area contributed by atoms with Crippen LogP contribution in [0.3, 0.4) is 0 Å². The van der Waals surface area contributed by atoms with Gasteiger partial charge < -0.3 is 4.74 Å². The van der Waals surface area contributed by atoms with Crippen LogP contribution in [-0.4, -0.2) is 15.7 Å². The van der Waals surface area contributed by atoms with Gasteiger partial charge in [0.25, 0.3) is 0 Å². The summed E-state index contributed by atoms with van der Waals surface area (Å²) < 4.78 is 20.2. The fourth-order valence-electron chi connectivity index (χ4n) is 1.65. The minimum atomic E-state index is -0.606. The van der Waals surface area contributed by atoms with Crippen molar-refractivity contribution in [2.45, 2.75) is 13.8 Å². The molecule has 0 saturated carbocycles. The molecule has 2 rings (SSSR count). The quantitative estimate of drug-likeness (QED) is 0.605. The first-order valence-corrected chi connectivity index (χ1v) is 5.46. The zero-order chi connectivity index (χ0) is 13.3. The Hall–Kier alpha value is -2.17. The van der Waals surface area contributed by atoms with E-state index in [2.05, 4.69) is 5.10 Å². The maximum atomic E-state index is 13.7. The van der Waals surface area contributed by atoms with Crippen LogP contribution in [0.15, 0.2) is 24.4 Å². The van der Waals surface area contributed by atoms with E-state index in [1.165, 1.54) is 10.7 Å². The van der Waals surface area contributed by atoms with Crippen molar-refractivity contribution in [1.29, 1.82) is 0 Å². The summed E-state index contributed by atoms with van der Waals surface area (Å²) in [5.74, 6) is -1.19. The molecule has 0 N–H and O–H groups in total. The van der Waals surface area contributed by atoms with Gasteiger partial charge in [0.1, 0.15) is 5.56 Å². The Morgan fingerprint density at radius 3 is 2.72 bits per heavy atom. The Morgan fingerprint density at radius 2 is 2.11 bits per heavy atom. The van der Waals surface area contributed by atoms with Crippen LogP contribution >= 0.6 is 0 Å². The smallest absolute Gasteiger partial charge is 0.347 e. The third-order valence-corrected chi connectivity index (χ3v) is 2.59. The fourth-order valence-corrected chi connectivity index (χ4v) is 1.65. The first-order valence-electron chi connectivity index (χ1n) is 5.46. The third kappa shape index (κ3) is 2.25. The number of carbonyl (C=O) groups is 1. The highest BCUT2D eigenvalue weighted by Crippen LogP contribution is 2.21. The predicted molar refractivity (Wildman–Crippen MR) is 64.0 cm³/mol. The number of carbonyl (C=O) groups excluding carboxylic acids is 1. The molecule has 0 radical (unpaired) electrons. The van der Waals surface area contributed by atoms with E-state index in [0.29, 0.717) is 16.8 Å². The average Bonchev–Trinajstić information content (AvgIpc) is 2.64. The maximum Gasteiger partial charge on any atom is 0.347 e. The van der Waals surface area contributed by atoms with E-state index < -0.39 is 11.8 Å². The molecule has 1 aromatic carbocycles. The van der Waals surface area contributed by atoms with Gasteiger partial charge in [-0.3, -0.25) is 4.68 Å². The van der Waals surface area contributed by atoms with Gasteiger partial charge in [0.15, 0.2) is 11.6 Å². The molecule has 4 nitrogen and oxygen atoms in total. The van der Waals surface area contributed by atoms with E-state index in [-0.39, 0.29) is 5.75 Å². The van der Waals surface area contributed by atoms with Crippen molar-refractivity contribution in [3.63, 3.8) is 0 Å². The predicted octanol–water partition coefficient (Wildman–Crippen LogP) is 2.40. The number of benzene rings is 1. The number of hydrogen-bond acceptors (Lipinski definition) is 3. The van der Waals surface area contributed by atoms with Crippen LogP contribution in [0.1, 0.15) is 21.6 Å². The molecule has 94 valence electrons. The molecule has 0 aliphatic carbocycles. The molecule has 1 heterocycles. The van der Waals surface area contributed by atoms with E-state index in [1.54, 1.807) is 39.2 Å². The van der Waals surface area contributed by atoms with E-state index >= 15 is 0 Å². The van der Waals surface area contributed by atoms with Gasteiger partial charge in [-0.2, -0.15) is 5.10 Å². The standard InChI is InChI=1S/C13H13FN2O2/c1-8-5-4-6-11(12(8)14)18-13(17)10-7-16(3)15-9(10)2/h4-7H,1-3H3. The van der Waals surface area contributed by atoms with E-state index in [4.69, 9.17) is 4.74 Å². The molecule has 0 atom stereocenters. The normalized spacial score (nSPS) is 10.4. The van der Waals surface area contributed by atoms with Gasteiger partial charge in [0.2, 0.25) is 0 Å². The van der Waals surface area contributed by atoms with E-state index in [9.17, 15) is 9.18 Å². The van der Waals surface area contributed by atoms with Crippen LogP contribution in [0.5, 0.6) is 5.75 Å². The van der Waals surface area contributed by atoms with E-state index in [1.807, 2.05) is 0 Å². The Kier molecular flexibility index (Phi) is 3.14. The number of ether oxygens (including phenoxy) is 1. The summed E-state index contributed by atoms with van der Waals surface area (Å²) >= 11 is 0. The highest BCUT2D eigenvalue weighted by atomic mass is 19.1. The van der Waals surface area contributed by atoms with Crippen molar-refractivity contribution < 1.29 is 13.9 Å². The summed E-state index contributed by atoms with van der Waals surface area (Å²) in [4.78, 5) is 11.9. The molecule has 0 bridgehead atoms. The number of aromatic nitrogens is 2. The van der Waals surface area contributed by atoms with Crippen molar-refractivity contribution in [2.24, 2.45) is 7.05 Å². The summed E-state index contributed by atoms with van der Waals surface area (Å²) in [6, 6.07) is 4.67. The minimum absolute atomic E-state index is 0.0664. The van der Waals surface area contributed by atoms with Gasteiger partial charge in [-0.05, 0) is 25.5 Å². The molecule has 1 aromatic heterocycles. The topological polar surface area (TPSA) is 44.1 Å². The van der Waals surface area contributed by atoms with Crippen LogP contribution in [0, 0.1) is 19.7 Å². The van der Waals surface area contributed by atoms with Crippen molar-refractivity contribution in [3.8, 4) is 5.75 Å². The number of halogens is 1. The Morgan fingerprint density at radius 1 is 1.39 bits per heavy atom. The summed E-state index contributed by atoms with van der Waals surface area (Å²) in [5, 5.41) is 4.04. The average molecular weight is 248 g/mol. The number of hydrogen-bond donors (Lipinski definition) is 0. The highest BCUT2D eigenvalue weighted by molar-refractivity contribution is 5.91. The first-order chi connectivity index (χ1) is 8.49. The molecule has 0 aliphatic heterocycles. The van der Waals surface area contributed by atoms with Crippen LogP contribution in [0.2, 0.25) is 0 Å². The largest absolute Gasteiger partial charge is 0.420 e. The van der Waals surface area contributed by atoms with Crippen LogP contribution < -0.4 is 4.74 Å². The summed E-state index contributed by atoms with van der Waals surface area (Å²) in [5.41, 5.74) is 1.32. The molecule has 0 unspecified atom stereocenters. The van der Waals surface area contributed by atoms with Crippen molar-refractivity contribution in [3.05, 3.63) is 47.0 Å². The second-order valence-corrected chi connectivity index (χ2v) is 4.08. The fraction of sp³-hybridized carbons (Fsp3) is 0.231. The molecule has 0 aliphatic rings. The maximum absolute atomic E-state index is 13.7. The molecule has 18 heavy (non-hydrogen) atoms. The lowest BCUT2D eigenvalue weighted by Crippen LogP contribution is -2.10. The summed E-state index contributed by atoms with van der Waals surface area (Å²) in [6.07, 6.45) is 1.55. The summed E-state index contributed by atoms with van der Waals surface area (Å²) in [6.45, 7) is 3.31. The molecule has 5 heteroatoms. The third-order valence-electron chi connectivity index (χ3n) is 2.59. The van der Waals surface area contributed by atoms with Gasteiger partial charge in [-0.25, -0.2) is 9.18 Å².